The van der Waals surface area contributed by atoms with Crippen LogP contribution in [0.4, 0.5) is 0 Å². The van der Waals surface area contributed by atoms with Crippen LogP contribution in [0.1, 0.15) is 54.1 Å². The van der Waals surface area contributed by atoms with Crippen molar-refractivity contribution < 1.29 is 14.0 Å². The Morgan fingerprint density at radius 2 is 1.62 bits per heavy atom. The van der Waals surface area contributed by atoms with Crippen LogP contribution >= 0.6 is 23.5 Å². The van der Waals surface area contributed by atoms with Crippen LogP contribution < -0.4 is 0 Å². The summed E-state index contributed by atoms with van der Waals surface area (Å²) in [6, 6.07) is 16.5. The molecule has 3 nitrogen and oxygen atoms in total. The van der Waals surface area contributed by atoms with Gasteiger partial charge in [0.2, 0.25) is 0 Å². The Labute approximate surface area is 200 Å². The quantitative estimate of drug-likeness (QED) is 0.430. The largest absolute Gasteiger partial charge is 0.389 e. The molecule has 2 aliphatic heterocycles. The average molecular weight is 483 g/mol. The minimum Gasteiger partial charge on any atom is -0.389 e. The van der Waals surface area contributed by atoms with Crippen LogP contribution in [0.15, 0.2) is 60.7 Å². The Hall–Kier alpha value is -1.31. The minimum absolute atomic E-state index is 0.0405. The van der Waals surface area contributed by atoms with Gasteiger partial charge in [-0.3, -0.25) is 4.79 Å². The van der Waals surface area contributed by atoms with Crippen LogP contribution in [-0.4, -0.2) is 25.6 Å². The SMILES string of the molecule is CC(C)(C)[Si](C)(C)OC1OC2(C=CC(=O)c3ccccc32)C2(SCCS2)c2ccccc21. The molecule has 2 atom stereocenters. The van der Waals surface area contributed by atoms with Crippen molar-refractivity contribution in [1.82, 2.24) is 0 Å². The summed E-state index contributed by atoms with van der Waals surface area (Å²) in [6.07, 6.45) is 3.24. The minimum atomic E-state index is -2.13. The van der Waals surface area contributed by atoms with E-state index < -0.39 is 20.2 Å². The zero-order valence-electron chi connectivity index (χ0n) is 19.3. The average Bonchev–Trinajstić information content (AvgIpc) is 3.25. The third-order valence-electron chi connectivity index (χ3n) is 7.32. The smallest absolute Gasteiger partial charge is 0.195 e. The molecule has 0 N–H and O–H groups in total. The second kappa shape index (κ2) is 7.60. The zero-order valence-corrected chi connectivity index (χ0v) is 21.9. The molecule has 0 saturated carbocycles. The van der Waals surface area contributed by atoms with Gasteiger partial charge in [0.25, 0.3) is 0 Å². The van der Waals surface area contributed by atoms with Crippen molar-refractivity contribution in [2.45, 2.75) is 54.9 Å². The molecule has 0 radical (unpaired) electrons. The van der Waals surface area contributed by atoms with E-state index in [1.807, 2.05) is 47.8 Å². The van der Waals surface area contributed by atoms with Crippen LogP contribution in [0.3, 0.4) is 0 Å². The number of allylic oxidation sites excluding steroid dienone is 1. The summed E-state index contributed by atoms with van der Waals surface area (Å²) in [5.74, 6) is 2.13. The van der Waals surface area contributed by atoms with Gasteiger partial charge in [0.05, 0.1) is 0 Å². The molecule has 32 heavy (non-hydrogen) atoms. The maximum atomic E-state index is 12.8. The Morgan fingerprint density at radius 3 is 2.31 bits per heavy atom. The number of carbonyl (C=O) groups excluding carboxylic acids is 1. The van der Waals surface area contributed by atoms with Gasteiger partial charge in [-0.2, -0.15) is 0 Å². The van der Waals surface area contributed by atoms with Gasteiger partial charge >= 0.3 is 0 Å². The lowest BCUT2D eigenvalue weighted by atomic mass is 9.76. The number of ketones is 1. The van der Waals surface area contributed by atoms with Crippen LogP contribution in [0.5, 0.6) is 0 Å². The van der Waals surface area contributed by atoms with E-state index in [0.717, 1.165) is 28.2 Å². The van der Waals surface area contributed by atoms with Gasteiger partial charge in [0.15, 0.2) is 20.4 Å². The first-order chi connectivity index (χ1) is 15.1. The highest BCUT2D eigenvalue weighted by molar-refractivity contribution is 8.20. The van der Waals surface area contributed by atoms with Crippen molar-refractivity contribution in [2.24, 2.45) is 0 Å². The number of hydrogen-bond acceptors (Lipinski definition) is 5. The summed E-state index contributed by atoms with van der Waals surface area (Å²) < 4.78 is 13.7. The van der Waals surface area contributed by atoms with Gasteiger partial charge in [0.1, 0.15) is 9.68 Å². The van der Waals surface area contributed by atoms with Gasteiger partial charge in [-0.05, 0) is 35.8 Å². The Bertz CT molecular complexity index is 1100. The lowest BCUT2D eigenvalue weighted by molar-refractivity contribution is -0.183. The van der Waals surface area contributed by atoms with Crippen molar-refractivity contribution in [3.8, 4) is 0 Å². The molecule has 0 bridgehead atoms. The third-order valence-corrected chi connectivity index (χ3v) is 15.4. The first kappa shape index (κ1) is 22.5. The van der Waals surface area contributed by atoms with E-state index in [4.69, 9.17) is 9.16 Å². The summed E-state index contributed by atoms with van der Waals surface area (Å²) in [6.45, 7) is 11.3. The first-order valence-corrected chi connectivity index (χ1v) is 16.1. The zero-order chi connectivity index (χ0) is 22.8. The summed E-state index contributed by atoms with van der Waals surface area (Å²) in [5, 5.41) is 0.0563. The number of fused-ring (bicyclic) bond motifs is 5. The van der Waals surface area contributed by atoms with Gasteiger partial charge in [-0.1, -0.05) is 69.3 Å². The van der Waals surface area contributed by atoms with Crippen LogP contribution in [0.25, 0.3) is 0 Å². The lowest BCUT2D eigenvalue weighted by Crippen LogP contribution is -2.53. The van der Waals surface area contributed by atoms with E-state index in [2.05, 4.69) is 64.2 Å². The molecule has 2 aromatic carbocycles. The lowest BCUT2D eigenvalue weighted by Gasteiger charge is -2.54. The fourth-order valence-corrected chi connectivity index (χ4v) is 9.31. The molecule has 1 aliphatic carbocycles. The number of hydrogen-bond donors (Lipinski definition) is 0. The van der Waals surface area contributed by atoms with E-state index in [1.54, 1.807) is 6.08 Å². The summed E-state index contributed by atoms with van der Waals surface area (Å²) in [7, 11) is -2.13. The topological polar surface area (TPSA) is 35.5 Å². The fourth-order valence-electron chi connectivity index (χ4n) is 4.61. The number of thioether (sulfide) groups is 2. The molecular formula is C26H30O3S2Si. The standard InChI is InChI=1S/C26H30O3S2Si/c1-24(2,3)32(4,5)29-23-19-11-7-9-13-21(19)26(30-16-17-31-26)25(28-23)15-14-22(27)18-10-6-8-12-20(18)25/h6-15,23H,16-17H2,1-5H3. The Morgan fingerprint density at radius 1 is 1.00 bits per heavy atom. The number of rotatable bonds is 2. The van der Waals surface area contributed by atoms with E-state index in [0.29, 0.717) is 0 Å². The first-order valence-electron chi connectivity index (χ1n) is 11.2. The molecule has 6 heteroatoms. The van der Waals surface area contributed by atoms with E-state index in [-0.39, 0.29) is 14.9 Å². The van der Waals surface area contributed by atoms with Crippen LogP contribution in [0, 0.1) is 0 Å². The highest BCUT2D eigenvalue weighted by Crippen LogP contribution is 2.69. The maximum Gasteiger partial charge on any atom is 0.195 e. The van der Waals surface area contributed by atoms with Crippen molar-refractivity contribution in [3.05, 3.63) is 82.9 Å². The van der Waals surface area contributed by atoms with Crippen molar-refractivity contribution >= 4 is 37.6 Å². The molecule has 1 fully saturated rings. The van der Waals surface area contributed by atoms with Gasteiger partial charge in [-0.25, -0.2) is 0 Å². The number of ether oxygens (including phenoxy) is 1. The van der Waals surface area contributed by atoms with Gasteiger partial charge in [-0.15, -0.1) is 23.5 Å². The molecule has 1 saturated heterocycles. The van der Waals surface area contributed by atoms with Gasteiger partial charge < -0.3 is 9.16 Å². The second-order valence-electron chi connectivity index (χ2n) is 10.2. The molecule has 168 valence electrons. The summed E-state index contributed by atoms with van der Waals surface area (Å²) in [4.78, 5) is 12.8. The molecule has 2 aromatic rings. The van der Waals surface area contributed by atoms with Crippen molar-refractivity contribution in [1.29, 1.82) is 0 Å². The predicted octanol–water partition coefficient (Wildman–Crippen LogP) is 7.02. The van der Waals surface area contributed by atoms with Crippen molar-refractivity contribution in [3.63, 3.8) is 0 Å². The van der Waals surface area contributed by atoms with E-state index >= 15 is 0 Å². The Kier molecular flexibility index (Phi) is 5.34. The monoisotopic (exact) mass is 482 g/mol. The summed E-state index contributed by atoms with van der Waals surface area (Å²) in [5.41, 5.74) is 3.29. The second-order valence-corrected chi connectivity index (χ2v) is 17.8. The fraction of sp³-hybridized carbons (Fsp3) is 0.423. The van der Waals surface area contributed by atoms with E-state index in [1.165, 1.54) is 5.56 Å². The summed E-state index contributed by atoms with van der Waals surface area (Å²) >= 11 is 3.87. The highest BCUT2D eigenvalue weighted by Gasteiger charge is 2.63. The van der Waals surface area contributed by atoms with E-state index in [9.17, 15) is 4.79 Å². The normalized spacial score (nSPS) is 26.4. The maximum absolute atomic E-state index is 12.8. The van der Waals surface area contributed by atoms with Crippen LogP contribution in [0.2, 0.25) is 18.1 Å². The van der Waals surface area contributed by atoms with Crippen molar-refractivity contribution in [2.75, 3.05) is 11.5 Å². The highest BCUT2D eigenvalue weighted by atomic mass is 32.2. The predicted molar refractivity (Wildman–Crippen MR) is 137 cm³/mol. The molecule has 5 rings (SSSR count). The number of benzene rings is 2. The molecule has 3 aliphatic rings. The molecule has 0 amide bonds. The van der Waals surface area contributed by atoms with Crippen LogP contribution in [-0.2, 0) is 18.8 Å². The van der Waals surface area contributed by atoms with Gasteiger partial charge in [0, 0.05) is 28.2 Å². The Balaban J connectivity index is 1.75. The number of carbonyl (C=O) groups is 1. The third kappa shape index (κ3) is 3.14. The molecule has 2 unspecified atom stereocenters. The molecule has 0 aromatic heterocycles. The molecule has 2 heterocycles. The molecule has 2 spiro atoms. The molecular weight excluding hydrogens is 453 g/mol.